The van der Waals surface area contributed by atoms with Crippen LogP contribution in [0, 0.1) is 6.92 Å². The molecule has 0 saturated heterocycles. The molecule has 0 fully saturated rings. The van der Waals surface area contributed by atoms with Crippen molar-refractivity contribution in [1.29, 1.82) is 0 Å². The van der Waals surface area contributed by atoms with E-state index in [2.05, 4.69) is 62.4 Å². The zero-order valence-electron chi connectivity index (χ0n) is 13.0. The van der Waals surface area contributed by atoms with Crippen LogP contribution in [0.5, 0.6) is 0 Å². The molecule has 2 nitrogen and oxygen atoms in total. The van der Waals surface area contributed by atoms with E-state index in [1.54, 1.807) is 0 Å². The van der Waals surface area contributed by atoms with Gasteiger partial charge in [-0.05, 0) is 42.0 Å². The van der Waals surface area contributed by atoms with Gasteiger partial charge in [-0.2, -0.15) is 0 Å². The molecule has 0 aliphatic heterocycles. The molecule has 0 amide bonds. The topological polar surface area (TPSA) is 40.5 Å². The Morgan fingerprint density at radius 1 is 0.905 bits per heavy atom. The van der Waals surface area contributed by atoms with Gasteiger partial charge in [-0.25, -0.2) is 0 Å². The second-order valence-corrected chi connectivity index (χ2v) is 5.11. The minimum absolute atomic E-state index is 0.750. The van der Waals surface area contributed by atoms with Crippen molar-refractivity contribution in [3.8, 4) is 11.1 Å². The maximum absolute atomic E-state index is 7.12. The van der Waals surface area contributed by atoms with Crippen molar-refractivity contribution in [1.82, 2.24) is 0 Å². The lowest BCUT2D eigenvalue weighted by atomic mass is 9.97. The average molecular weight is 284 g/mol. The van der Waals surface area contributed by atoms with Crippen LogP contribution in [-0.2, 0) is 6.42 Å². The van der Waals surface area contributed by atoms with Gasteiger partial charge in [0.15, 0.2) is 0 Å². The van der Waals surface area contributed by atoms with Crippen molar-refractivity contribution in [2.45, 2.75) is 39.5 Å². The molecule has 0 radical (unpaired) electrons. The van der Waals surface area contributed by atoms with Crippen LogP contribution in [0.2, 0.25) is 0 Å². The molecule has 2 aromatic carbocycles. The first-order valence-electron chi connectivity index (χ1n) is 7.59. The molecule has 21 heavy (non-hydrogen) atoms. The van der Waals surface area contributed by atoms with Gasteiger partial charge in [0.05, 0.1) is 0 Å². The van der Waals surface area contributed by atoms with Gasteiger partial charge in [0, 0.05) is 0 Å². The monoisotopic (exact) mass is 284 g/mol. The highest BCUT2D eigenvalue weighted by Crippen LogP contribution is 2.23. The van der Waals surface area contributed by atoms with Crippen molar-refractivity contribution in [3.05, 3.63) is 59.7 Å². The number of rotatable bonds is 5. The fourth-order valence-electron chi connectivity index (χ4n) is 2.35. The second-order valence-electron chi connectivity index (χ2n) is 5.11. The summed E-state index contributed by atoms with van der Waals surface area (Å²) in [5.41, 5.74) is 5.56. The third-order valence-electron chi connectivity index (χ3n) is 3.50. The first kappa shape index (κ1) is 17.5. The lowest BCUT2D eigenvalue weighted by Crippen LogP contribution is -1.91. The molecule has 2 aromatic rings. The minimum atomic E-state index is -0.750. The third-order valence-corrected chi connectivity index (χ3v) is 3.50. The van der Waals surface area contributed by atoms with E-state index in [4.69, 9.17) is 10.0 Å². The maximum atomic E-state index is 7.12. The summed E-state index contributed by atoms with van der Waals surface area (Å²) in [7, 11) is -0.750. The Morgan fingerprint density at radius 3 is 2.14 bits per heavy atom. The molecule has 0 heterocycles. The summed E-state index contributed by atoms with van der Waals surface area (Å²) in [5.74, 6) is 0. The normalized spacial score (nSPS) is 9.71. The number of hydrogen-bond donors (Lipinski definition) is 2. The van der Waals surface area contributed by atoms with Gasteiger partial charge in [-0.1, -0.05) is 68.3 Å². The highest BCUT2D eigenvalue weighted by atomic mass is 16.4. The molecule has 0 aromatic heterocycles. The first-order chi connectivity index (χ1) is 10.2. The van der Waals surface area contributed by atoms with Crippen LogP contribution in [0.25, 0.3) is 11.1 Å². The van der Waals surface area contributed by atoms with Crippen molar-refractivity contribution >= 4 is 7.69 Å². The van der Waals surface area contributed by atoms with Gasteiger partial charge >= 0.3 is 7.69 Å². The van der Waals surface area contributed by atoms with Crippen LogP contribution >= 0.6 is 0 Å². The van der Waals surface area contributed by atoms with Crippen LogP contribution in [0.15, 0.2) is 48.5 Å². The van der Waals surface area contributed by atoms with Crippen LogP contribution in [0.3, 0.4) is 0 Å². The van der Waals surface area contributed by atoms with Gasteiger partial charge in [0.25, 0.3) is 0 Å². The van der Waals surface area contributed by atoms with Gasteiger partial charge in [-0.3, -0.25) is 0 Å². The summed E-state index contributed by atoms with van der Waals surface area (Å²) >= 11 is 0. The molecular weight excluding hydrogens is 259 g/mol. The van der Waals surface area contributed by atoms with E-state index in [0.29, 0.717) is 0 Å². The molecule has 0 bridgehead atoms. The average Bonchev–Trinajstić information content (AvgIpc) is 2.51. The van der Waals surface area contributed by atoms with Crippen molar-refractivity contribution < 1.29 is 10.0 Å². The Labute approximate surface area is 128 Å². The van der Waals surface area contributed by atoms with Gasteiger partial charge < -0.3 is 10.0 Å². The molecule has 2 N–H and O–H groups in total. The predicted molar refractivity (Wildman–Crippen MR) is 91.4 cm³/mol. The zero-order chi connectivity index (χ0) is 15.5. The highest BCUT2D eigenvalue weighted by Gasteiger charge is 2.01. The van der Waals surface area contributed by atoms with Gasteiger partial charge in [-0.15, -0.1) is 0 Å². The summed E-state index contributed by atoms with van der Waals surface area (Å²) in [5, 5.41) is 14.2. The van der Waals surface area contributed by atoms with Crippen molar-refractivity contribution in [2.75, 3.05) is 0 Å². The minimum Gasteiger partial charge on any atom is -0.430 e. The maximum Gasteiger partial charge on any atom is 0.432 e. The fraction of sp³-hybridized carbons (Fsp3) is 0.333. The summed E-state index contributed by atoms with van der Waals surface area (Å²) in [4.78, 5) is 0. The Bertz CT molecular complexity index is 512. The van der Waals surface area contributed by atoms with E-state index >= 15 is 0 Å². The smallest absolute Gasteiger partial charge is 0.430 e. The SMILES string of the molecule is CCCCCc1ccc(-c2ccccc2)cc1C.OBO. The second kappa shape index (κ2) is 10.2. The van der Waals surface area contributed by atoms with Crippen LogP contribution in [0.4, 0.5) is 0 Å². The van der Waals surface area contributed by atoms with E-state index in [1.807, 2.05) is 0 Å². The molecule has 0 saturated carbocycles. The lowest BCUT2D eigenvalue weighted by molar-refractivity contribution is 0.448. The first-order valence-corrected chi connectivity index (χ1v) is 7.59. The van der Waals surface area contributed by atoms with E-state index < -0.39 is 7.69 Å². The number of hydrogen-bond acceptors (Lipinski definition) is 2. The van der Waals surface area contributed by atoms with Crippen LogP contribution in [0.1, 0.15) is 37.3 Å². The molecule has 3 heteroatoms. The number of aryl methyl sites for hydroxylation is 2. The Morgan fingerprint density at radius 2 is 1.57 bits per heavy atom. The molecule has 112 valence electrons. The number of benzene rings is 2. The zero-order valence-corrected chi connectivity index (χ0v) is 13.0. The summed E-state index contributed by atoms with van der Waals surface area (Å²) < 4.78 is 0. The Kier molecular flexibility index (Phi) is 8.48. The molecule has 2 rings (SSSR count). The predicted octanol–water partition coefficient (Wildman–Crippen LogP) is 3.63. The molecular formula is C18H25BO2. The standard InChI is InChI=1S/C18H22.BH3O2/c1-3-4-6-9-16-12-13-18(14-15(16)2)17-10-7-5-8-11-17;2-1-3/h5,7-8,10-14H,3-4,6,9H2,1-2H3;1-3H. The third kappa shape index (κ3) is 6.15. The quantitative estimate of drug-likeness (QED) is 0.650. The van der Waals surface area contributed by atoms with E-state index in [0.717, 1.165) is 0 Å². The Hall–Kier alpha value is -1.58. The summed E-state index contributed by atoms with van der Waals surface area (Å²) in [6.45, 7) is 4.49. The van der Waals surface area contributed by atoms with Gasteiger partial charge in [0.2, 0.25) is 0 Å². The largest absolute Gasteiger partial charge is 0.432 e. The summed E-state index contributed by atoms with van der Waals surface area (Å²) in [6, 6.07) is 17.5. The molecule has 0 unspecified atom stereocenters. The highest BCUT2D eigenvalue weighted by molar-refractivity contribution is 6.13. The van der Waals surface area contributed by atoms with Crippen molar-refractivity contribution in [2.24, 2.45) is 0 Å². The van der Waals surface area contributed by atoms with E-state index in [1.165, 1.54) is 47.9 Å². The van der Waals surface area contributed by atoms with Crippen molar-refractivity contribution in [3.63, 3.8) is 0 Å². The van der Waals surface area contributed by atoms with E-state index in [-0.39, 0.29) is 0 Å². The summed E-state index contributed by atoms with van der Waals surface area (Å²) in [6.07, 6.45) is 5.15. The fourth-order valence-corrected chi connectivity index (χ4v) is 2.35. The van der Waals surface area contributed by atoms with Gasteiger partial charge in [0.1, 0.15) is 0 Å². The van der Waals surface area contributed by atoms with Crippen LogP contribution in [-0.4, -0.2) is 17.7 Å². The molecule has 0 aliphatic rings. The van der Waals surface area contributed by atoms with Crippen LogP contribution < -0.4 is 0 Å². The number of unbranched alkanes of at least 4 members (excludes halogenated alkanes) is 2. The lowest BCUT2D eigenvalue weighted by Gasteiger charge is -2.08. The Balaban J connectivity index is 0.000000677. The molecule has 0 atom stereocenters. The molecule has 0 spiro atoms. The van der Waals surface area contributed by atoms with E-state index in [9.17, 15) is 0 Å². The molecule has 0 aliphatic carbocycles.